The van der Waals surface area contributed by atoms with E-state index in [2.05, 4.69) is 15.3 Å². The fraction of sp³-hybridized carbons (Fsp3) is 0.167. The number of rotatable bonds is 2. The van der Waals surface area contributed by atoms with Crippen LogP contribution in [0.4, 0.5) is 29.1 Å². The monoisotopic (exact) mass is 305 g/mol. The van der Waals surface area contributed by atoms with Gasteiger partial charge < -0.3 is 5.32 Å². The van der Waals surface area contributed by atoms with E-state index in [-0.39, 0.29) is 5.82 Å². The number of aromatic nitrogens is 2. The highest BCUT2D eigenvalue weighted by molar-refractivity contribution is 6.28. The minimum Gasteiger partial charge on any atom is -0.340 e. The van der Waals surface area contributed by atoms with E-state index < -0.39 is 23.0 Å². The van der Waals surface area contributed by atoms with Crippen LogP contribution < -0.4 is 5.32 Å². The molecule has 0 aliphatic rings. The molecule has 0 atom stereocenters. The average molecular weight is 306 g/mol. The summed E-state index contributed by atoms with van der Waals surface area (Å²) in [5, 5.41) is 2.12. The summed E-state index contributed by atoms with van der Waals surface area (Å²) in [7, 11) is 0. The molecule has 2 aromatic rings. The number of nitrogens with zero attached hydrogens (tertiary/aromatic N) is 2. The summed E-state index contributed by atoms with van der Waals surface area (Å²) >= 11 is 5.47. The predicted molar refractivity (Wildman–Crippen MR) is 66.5 cm³/mol. The van der Waals surface area contributed by atoms with Gasteiger partial charge >= 0.3 is 6.18 Å². The third-order valence-electron chi connectivity index (χ3n) is 2.44. The summed E-state index contributed by atoms with van der Waals surface area (Å²) < 4.78 is 50.7. The molecule has 0 spiro atoms. The van der Waals surface area contributed by atoms with E-state index in [4.69, 9.17) is 11.6 Å². The second kappa shape index (κ2) is 5.24. The molecule has 8 heteroatoms. The molecule has 1 aromatic carbocycles. The molecule has 1 N–H and O–H groups in total. The lowest BCUT2D eigenvalue weighted by Gasteiger charge is -2.11. The minimum atomic E-state index is -4.62. The number of halogens is 5. The van der Waals surface area contributed by atoms with E-state index in [1.54, 1.807) is 6.92 Å². The van der Waals surface area contributed by atoms with Gasteiger partial charge in [0.2, 0.25) is 5.28 Å². The summed E-state index contributed by atoms with van der Waals surface area (Å²) in [4.78, 5) is 6.77. The molecular formula is C12H8ClF4N3. The van der Waals surface area contributed by atoms with Crippen molar-refractivity contribution in [1.82, 2.24) is 9.97 Å². The smallest absolute Gasteiger partial charge is 0.340 e. The lowest BCUT2D eigenvalue weighted by Crippen LogP contribution is -2.10. The molecule has 0 saturated carbocycles. The highest BCUT2D eigenvalue weighted by Gasteiger charge is 2.33. The van der Waals surface area contributed by atoms with Gasteiger partial charge in [-0.05, 0) is 42.3 Å². The molecule has 0 unspecified atom stereocenters. The Bertz CT molecular complexity index is 643. The van der Waals surface area contributed by atoms with Crippen LogP contribution in [-0.4, -0.2) is 9.97 Å². The SMILES string of the molecule is Cc1cc(F)ccc1Nc1cc(C(F)(F)F)nc(Cl)n1. The summed E-state index contributed by atoms with van der Waals surface area (Å²) in [5.41, 5.74) is -0.206. The average Bonchev–Trinajstić information content (AvgIpc) is 2.31. The molecule has 0 fully saturated rings. The van der Waals surface area contributed by atoms with Crippen LogP contribution >= 0.6 is 11.6 Å². The van der Waals surface area contributed by atoms with Gasteiger partial charge in [-0.1, -0.05) is 0 Å². The van der Waals surface area contributed by atoms with Crippen LogP contribution in [0.1, 0.15) is 11.3 Å². The first-order valence-electron chi connectivity index (χ1n) is 5.40. The van der Waals surface area contributed by atoms with Gasteiger partial charge in [-0.15, -0.1) is 0 Å². The Morgan fingerprint density at radius 3 is 2.45 bits per heavy atom. The van der Waals surface area contributed by atoms with Crippen LogP contribution in [0.25, 0.3) is 0 Å². The van der Waals surface area contributed by atoms with Crippen LogP contribution in [0.15, 0.2) is 24.3 Å². The van der Waals surface area contributed by atoms with Crippen molar-refractivity contribution >= 4 is 23.1 Å². The zero-order valence-corrected chi connectivity index (χ0v) is 10.8. The Hall–Kier alpha value is -1.89. The van der Waals surface area contributed by atoms with Crippen molar-refractivity contribution in [2.75, 3.05) is 5.32 Å². The van der Waals surface area contributed by atoms with E-state index in [0.29, 0.717) is 11.3 Å². The lowest BCUT2D eigenvalue weighted by molar-refractivity contribution is -0.141. The van der Waals surface area contributed by atoms with E-state index in [0.717, 1.165) is 6.07 Å². The molecule has 1 aromatic heterocycles. The Morgan fingerprint density at radius 1 is 1.15 bits per heavy atom. The fourth-order valence-corrected chi connectivity index (χ4v) is 1.71. The molecule has 0 radical (unpaired) electrons. The minimum absolute atomic E-state index is 0.118. The molecule has 3 nitrogen and oxygen atoms in total. The van der Waals surface area contributed by atoms with Crippen LogP contribution in [0.3, 0.4) is 0 Å². The first kappa shape index (κ1) is 14.5. The Kier molecular flexibility index (Phi) is 3.80. The maximum Gasteiger partial charge on any atom is 0.433 e. The number of alkyl halides is 3. The molecular weight excluding hydrogens is 298 g/mol. The van der Waals surface area contributed by atoms with E-state index >= 15 is 0 Å². The molecule has 20 heavy (non-hydrogen) atoms. The van der Waals surface area contributed by atoms with Gasteiger partial charge in [0.05, 0.1) is 0 Å². The Morgan fingerprint density at radius 2 is 1.85 bits per heavy atom. The zero-order valence-electron chi connectivity index (χ0n) is 10.1. The third kappa shape index (κ3) is 3.36. The maximum absolute atomic E-state index is 12.9. The first-order valence-corrected chi connectivity index (χ1v) is 5.78. The van der Waals surface area contributed by atoms with Crippen LogP contribution in [0.2, 0.25) is 5.28 Å². The van der Waals surface area contributed by atoms with Crippen LogP contribution in [0.5, 0.6) is 0 Å². The summed E-state index contributed by atoms with van der Waals surface area (Å²) in [5.74, 6) is -0.559. The van der Waals surface area contributed by atoms with E-state index in [1.807, 2.05) is 0 Å². The van der Waals surface area contributed by atoms with E-state index in [9.17, 15) is 17.6 Å². The molecule has 0 bridgehead atoms. The number of nitrogens with one attached hydrogen (secondary N) is 1. The topological polar surface area (TPSA) is 37.8 Å². The summed E-state index contributed by atoms with van der Waals surface area (Å²) in [6.07, 6.45) is -4.62. The number of anilines is 2. The van der Waals surface area contributed by atoms with Crippen molar-refractivity contribution in [2.45, 2.75) is 13.1 Å². The van der Waals surface area contributed by atoms with Crippen molar-refractivity contribution in [1.29, 1.82) is 0 Å². The van der Waals surface area contributed by atoms with Crippen molar-refractivity contribution in [2.24, 2.45) is 0 Å². The van der Waals surface area contributed by atoms with Gasteiger partial charge in [0.15, 0.2) is 5.69 Å². The second-order valence-electron chi connectivity index (χ2n) is 3.99. The molecule has 0 amide bonds. The van der Waals surface area contributed by atoms with Crippen LogP contribution in [-0.2, 0) is 6.18 Å². The van der Waals surface area contributed by atoms with Gasteiger partial charge in [0.1, 0.15) is 11.6 Å². The lowest BCUT2D eigenvalue weighted by atomic mass is 10.2. The van der Waals surface area contributed by atoms with Crippen LogP contribution in [0, 0.1) is 12.7 Å². The fourth-order valence-electron chi connectivity index (χ4n) is 1.53. The van der Waals surface area contributed by atoms with Crippen molar-refractivity contribution in [3.05, 3.63) is 46.6 Å². The third-order valence-corrected chi connectivity index (χ3v) is 2.61. The normalized spacial score (nSPS) is 11.5. The molecule has 0 saturated heterocycles. The number of benzene rings is 1. The molecule has 106 valence electrons. The molecule has 1 heterocycles. The second-order valence-corrected chi connectivity index (χ2v) is 4.33. The van der Waals surface area contributed by atoms with Gasteiger partial charge in [-0.3, -0.25) is 0 Å². The first-order chi connectivity index (χ1) is 9.25. The summed E-state index contributed by atoms with van der Waals surface area (Å²) in [6, 6.07) is 4.56. The Balaban J connectivity index is 2.36. The quantitative estimate of drug-likeness (QED) is 0.662. The number of hydrogen-bond donors (Lipinski definition) is 1. The highest BCUT2D eigenvalue weighted by atomic mass is 35.5. The summed E-state index contributed by atoms with van der Waals surface area (Å²) in [6.45, 7) is 1.61. The predicted octanol–water partition coefficient (Wildman–Crippen LogP) is 4.34. The van der Waals surface area contributed by atoms with Gasteiger partial charge in [-0.2, -0.15) is 13.2 Å². The molecule has 0 aliphatic carbocycles. The van der Waals surface area contributed by atoms with E-state index in [1.165, 1.54) is 18.2 Å². The van der Waals surface area contributed by atoms with Gasteiger partial charge in [0, 0.05) is 11.8 Å². The van der Waals surface area contributed by atoms with Crippen molar-refractivity contribution in [3.63, 3.8) is 0 Å². The zero-order chi connectivity index (χ0) is 14.9. The molecule has 0 aliphatic heterocycles. The number of aryl methyl sites for hydroxylation is 1. The number of hydrogen-bond acceptors (Lipinski definition) is 3. The standard InChI is InChI=1S/C12H8ClF4N3/c1-6-4-7(14)2-3-8(6)18-10-5-9(12(15,16)17)19-11(13)20-10/h2-5H,1H3,(H,18,19,20). The van der Waals surface area contributed by atoms with Gasteiger partial charge in [-0.25, -0.2) is 14.4 Å². The Labute approximate surface area is 116 Å². The van der Waals surface area contributed by atoms with Crippen molar-refractivity contribution < 1.29 is 17.6 Å². The maximum atomic E-state index is 12.9. The van der Waals surface area contributed by atoms with Gasteiger partial charge in [0.25, 0.3) is 0 Å². The highest BCUT2D eigenvalue weighted by Crippen LogP contribution is 2.30. The molecule has 2 rings (SSSR count). The largest absolute Gasteiger partial charge is 0.433 e. The van der Waals surface area contributed by atoms with Crippen molar-refractivity contribution in [3.8, 4) is 0 Å².